The first kappa shape index (κ1) is 14.2. The van der Waals surface area contributed by atoms with Gasteiger partial charge >= 0.3 is 0 Å². The summed E-state index contributed by atoms with van der Waals surface area (Å²) < 4.78 is 33.2. The molecule has 108 valence electrons. The Morgan fingerprint density at radius 2 is 1.90 bits per heavy atom. The van der Waals surface area contributed by atoms with Crippen molar-refractivity contribution in [2.24, 2.45) is 0 Å². The Bertz CT molecular complexity index is 798. The number of para-hydroxylation sites is 1. The summed E-state index contributed by atoms with van der Waals surface area (Å²) in [4.78, 5) is 0. The van der Waals surface area contributed by atoms with E-state index in [4.69, 9.17) is 4.42 Å². The van der Waals surface area contributed by atoms with Crippen molar-refractivity contribution in [1.82, 2.24) is 0 Å². The zero-order valence-corrected chi connectivity index (χ0v) is 12.4. The third kappa shape index (κ3) is 2.71. The second kappa shape index (κ2) is 5.58. The predicted molar refractivity (Wildman–Crippen MR) is 78.9 cm³/mol. The molecule has 3 aromatic rings. The van der Waals surface area contributed by atoms with Crippen molar-refractivity contribution in [3.05, 3.63) is 69.9 Å². The van der Waals surface area contributed by atoms with Gasteiger partial charge in [-0.3, -0.25) is 0 Å². The largest absolute Gasteiger partial charge is 0.457 e. The van der Waals surface area contributed by atoms with Gasteiger partial charge in [0, 0.05) is 11.8 Å². The normalized spacial score (nSPS) is 12.8. The average molecular weight is 353 g/mol. The fourth-order valence-corrected chi connectivity index (χ4v) is 2.69. The molecule has 0 saturated carbocycles. The first-order valence-corrected chi connectivity index (χ1v) is 7.14. The topological polar surface area (TPSA) is 33.4 Å². The standard InChI is InChI=1S/C16H11BrF2O2/c17-11-5-1-4-10-8-14(21-16(10)11)13(20)7-9-3-2-6-12(18)15(9)19/h1-6,8,13,20H,7H2. The second-order valence-corrected chi connectivity index (χ2v) is 5.59. The molecule has 21 heavy (non-hydrogen) atoms. The summed E-state index contributed by atoms with van der Waals surface area (Å²) in [6.45, 7) is 0. The van der Waals surface area contributed by atoms with E-state index in [1.54, 1.807) is 6.07 Å². The molecule has 1 unspecified atom stereocenters. The van der Waals surface area contributed by atoms with E-state index < -0.39 is 17.7 Å². The Balaban J connectivity index is 1.92. The van der Waals surface area contributed by atoms with Crippen LogP contribution in [0.1, 0.15) is 17.4 Å². The molecular formula is C16H11BrF2O2. The van der Waals surface area contributed by atoms with Crippen LogP contribution in [0.5, 0.6) is 0 Å². The highest BCUT2D eigenvalue weighted by molar-refractivity contribution is 9.10. The van der Waals surface area contributed by atoms with Crippen LogP contribution < -0.4 is 0 Å². The van der Waals surface area contributed by atoms with E-state index in [0.29, 0.717) is 11.3 Å². The minimum absolute atomic E-state index is 0.0545. The van der Waals surface area contributed by atoms with E-state index >= 15 is 0 Å². The Kier molecular flexibility index (Phi) is 3.78. The quantitative estimate of drug-likeness (QED) is 0.737. The molecule has 1 atom stereocenters. The number of benzene rings is 2. The van der Waals surface area contributed by atoms with Crippen molar-refractivity contribution in [3.63, 3.8) is 0 Å². The maximum absolute atomic E-state index is 13.6. The number of hydrogen-bond acceptors (Lipinski definition) is 2. The first-order valence-electron chi connectivity index (χ1n) is 6.35. The number of rotatable bonds is 3. The highest BCUT2D eigenvalue weighted by Crippen LogP contribution is 2.31. The Labute approximate surface area is 128 Å². The molecule has 0 aliphatic rings. The van der Waals surface area contributed by atoms with Crippen LogP contribution in [0.3, 0.4) is 0 Å². The molecule has 2 nitrogen and oxygen atoms in total. The number of aliphatic hydroxyl groups excluding tert-OH is 1. The summed E-state index contributed by atoms with van der Waals surface area (Å²) in [6.07, 6.45) is -1.10. The van der Waals surface area contributed by atoms with Crippen molar-refractivity contribution in [2.75, 3.05) is 0 Å². The molecule has 1 N–H and O–H groups in total. The van der Waals surface area contributed by atoms with Crippen LogP contribution in [0.4, 0.5) is 8.78 Å². The molecule has 1 heterocycles. The number of furan rings is 1. The van der Waals surface area contributed by atoms with Crippen molar-refractivity contribution >= 4 is 26.9 Å². The zero-order chi connectivity index (χ0) is 15.0. The maximum atomic E-state index is 13.6. The van der Waals surface area contributed by atoms with Gasteiger partial charge in [-0.25, -0.2) is 8.78 Å². The lowest BCUT2D eigenvalue weighted by atomic mass is 10.1. The molecule has 0 fully saturated rings. The van der Waals surface area contributed by atoms with Gasteiger partial charge in [-0.15, -0.1) is 0 Å². The van der Waals surface area contributed by atoms with Gasteiger partial charge in [0.25, 0.3) is 0 Å². The summed E-state index contributed by atoms with van der Waals surface area (Å²) in [6, 6.07) is 11.1. The number of aliphatic hydroxyl groups is 1. The molecule has 0 saturated heterocycles. The average Bonchev–Trinajstić information content (AvgIpc) is 2.89. The summed E-state index contributed by atoms with van der Waals surface area (Å²) >= 11 is 3.36. The molecule has 0 spiro atoms. The van der Waals surface area contributed by atoms with Crippen LogP contribution in [-0.2, 0) is 6.42 Å². The Morgan fingerprint density at radius 3 is 2.67 bits per heavy atom. The van der Waals surface area contributed by atoms with Crippen LogP contribution in [0.2, 0.25) is 0 Å². The van der Waals surface area contributed by atoms with Gasteiger partial charge in [0.2, 0.25) is 0 Å². The fraction of sp³-hybridized carbons (Fsp3) is 0.125. The Hall–Kier alpha value is -1.72. The van der Waals surface area contributed by atoms with Crippen molar-refractivity contribution in [3.8, 4) is 0 Å². The van der Waals surface area contributed by atoms with Gasteiger partial charge in [-0.05, 0) is 39.7 Å². The number of hydrogen-bond donors (Lipinski definition) is 1. The van der Waals surface area contributed by atoms with Gasteiger partial charge in [0.05, 0.1) is 4.47 Å². The van der Waals surface area contributed by atoms with Crippen LogP contribution >= 0.6 is 15.9 Å². The van der Waals surface area contributed by atoms with E-state index in [2.05, 4.69) is 15.9 Å². The lowest BCUT2D eigenvalue weighted by Gasteiger charge is -2.08. The predicted octanol–water partition coefficient (Wildman–Crippen LogP) is 4.75. The van der Waals surface area contributed by atoms with Crippen molar-refractivity contribution in [1.29, 1.82) is 0 Å². The monoisotopic (exact) mass is 352 g/mol. The third-order valence-electron chi connectivity index (χ3n) is 3.29. The summed E-state index contributed by atoms with van der Waals surface area (Å²) in [7, 11) is 0. The van der Waals surface area contributed by atoms with E-state index in [1.165, 1.54) is 12.1 Å². The van der Waals surface area contributed by atoms with Gasteiger partial charge in [0.15, 0.2) is 11.6 Å². The van der Waals surface area contributed by atoms with E-state index in [-0.39, 0.29) is 12.0 Å². The highest BCUT2D eigenvalue weighted by Gasteiger charge is 2.18. The second-order valence-electron chi connectivity index (χ2n) is 4.74. The van der Waals surface area contributed by atoms with Gasteiger partial charge in [0.1, 0.15) is 17.4 Å². The van der Waals surface area contributed by atoms with E-state index in [1.807, 2.05) is 18.2 Å². The SMILES string of the molecule is OC(Cc1cccc(F)c1F)c1cc2cccc(Br)c2o1. The summed E-state index contributed by atoms with van der Waals surface area (Å²) in [5.74, 6) is -1.54. The molecule has 1 aromatic heterocycles. The van der Waals surface area contributed by atoms with Crippen LogP contribution in [0, 0.1) is 11.6 Å². The Morgan fingerprint density at radius 1 is 1.14 bits per heavy atom. The van der Waals surface area contributed by atoms with Crippen molar-refractivity contribution < 1.29 is 18.3 Å². The molecule has 0 aliphatic carbocycles. The third-order valence-corrected chi connectivity index (χ3v) is 3.91. The number of halogens is 3. The minimum Gasteiger partial charge on any atom is -0.457 e. The van der Waals surface area contributed by atoms with Crippen LogP contribution in [0.25, 0.3) is 11.0 Å². The summed E-state index contributed by atoms with van der Waals surface area (Å²) in [5.41, 5.74) is 0.730. The molecule has 0 aliphatic heterocycles. The molecule has 0 bridgehead atoms. The van der Waals surface area contributed by atoms with Gasteiger partial charge < -0.3 is 9.52 Å². The minimum atomic E-state index is -1.04. The highest BCUT2D eigenvalue weighted by atomic mass is 79.9. The molecule has 5 heteroatoms. The number of fused-ring (bicyclic) bond motifs is 1. The molecule has 2 aromatic carbocycles. The summed E-state index contributed by atoms with van der Waals surface area (Å²) in [5, 5.41) is 11.0. The smallest absolute Gasteiger partial charge is 0.162 e. The van der Waals surface area contributed by atoms with Crippen molar-refractivity contribution in [2.45, 2.75) is 12.5 Å². The molecule has 0 radical (unpaired) electrons. The zero-order valence-electron chi connectivity index (χ0n) is 10.8. The van der Waals surface area contributed by atoms with Crippen LogP contribution in [0.15, 0.2) is 51.4 Å². The molecular weight excluding hydrogens is 342 g/mol. The first-order chi connectivity index (χ1) is 10.1. The van der Waals surface area contributed by atoms with E-state index in [9.17, 15) is 13.9 Å². The van der Waals surface area contributed by atoms with E-state index in [0.717, 1.165) is 15.9 Å². The van der Waals surface area contributed by atoms with Gasteiger partial charge in [-0.1, -0.05) is 24.3 Å². The van der Waals surface area contributed by atoms with Gasteiger partial charge in [-0.2, -0.15) is 0 Å². The maximum Gasteiger partial charge on any atom is 0.162 e. The fourth-order valence-electron chi connectivity index (χ4n) is 2.23. The lowest BCUT2D eigenvalue weighted by molar-refractivity contribution is 0.151. The van der Waals surface area contributed by atoms with Crippen LogP contribution in [-0.4, -0.2) is 5.11 Å². The lowest BCUT2D eigenvalue weighted by Crippen LogP contribution is -2.03. The molecule has 0 amide bonds. The molecule has 3 rings (SSSR count).